The van der Waals surface area contributed by atoms with Crippen LogP contribution in [0.3, 0.4) is 0 Å². The molecule has 1 fully saturated rings. The maximum absolute atomic E-state index is 4.72. The van der Waals surface area contributed by atoms with Crippen molar-refractivity contribution in [1.29, 1.82) is 0 Å². The fourth-order valence-electron chi connectivity index (χ4n) is 3.10. The third-order valence-corrected chi connectivity index (χ3v) is 4.46. The van der Waals surface area contributed by atoms with Crippen molar-refractivity contribution >= 4 is 5.69 Å². The first kappa shape index (κ1) is 16.0. The zero-order valence-electron chi connectivity index (χ0n) is 14.3. The Bertz CT molecular complexity index is 613. The summed E-state index contributed by atoms with van der Waals surface area (Å²) < 4.78 is 0. The smallest absolute Gasteiger partial charge is 0.0777 e. The summed E-state index contributed by atoms with van der Waals surface area (Å²) in [5.74, 6) is 0. The first-order valence-electron chi connectivity index (χ1n) is 8.30. The molecule has 3 rings (SSSR count). The van der Waals surface area contributed by atoms with E-state index in [1.165, 1.54) is 16.8 Å². The van der Waals surface area contributed by atoms with Crippen LogP contribution in [-0.2, 0) is 0 Å². The number of aromatic nitrogens is 1. The fourth-order valence-corrected chi connectivity index (χ4v) is 3.10. The monoisotopic (exact) mass is 310 g/mol. The Kier molecular flexibility index (Phi) is 4.94. The summed E-state index contributed by atoms with van der Waals surface area (Å²) in [7, 11) is 4.15. The van der Waals surface area contributed by atoms with Crippen molar-refractivity contribution in [2.75, 3.05) is 45.2 Å². The van der Waals surface area contributed by atoms with E-state index < -0.39 is 0 Å². The van der Waals surface area contributed by atoms with Gasteiger partial charge < -0.3 is 10.2 Å². The molecule has 122 valence electrons. The molecular formula is C19H26N4. The summed E-state index contributed by atoms with van der Waals surface area (Å²) in [5, 5.41) is 3.44. The van der Waals surface area contributed by atoms with E-state index in [0.29, 0.717) is 0 Å². The molecule has 0 bridgehead atoms. The van der Waals surface area contributed by atoms with Crippen LogP contribution < -0.4 is 10.2 Å². The summed E-state index contributed by atoms with van der Waals surface area (Å²) in [6, 6.07) is 13.4. The third kappa shape index (κ3) is 3.71. The number of rotatable bonds is 4. The van der Waals surface area contributed by atoms with Gasteiger partial charge in [-0.3, -0.25) is 9.88 Å². The lowest BCUT2D eigenvalue weighted by Gasteiger charge is -2.35. The Morgan fingerprint density at radius 3 is 2.30 bits per heavy atom. The fraction of sp³-hybridized carbons (Fsp3) is 0.421. The summed E-state index contributed by atoms with van der Waals surface area (Å²) >= 11 is 0. The molecule has 0 aliphatic carbocycles. The lowest BCUT2D eigenvalue weighted by atomic mass is 9.99. The number of hydrogen-bond donors (Lipinski definition) is 1. The number of benzene rings is 1. The van der Waals surface area contributed by atoms with Crippen molar-refractivity contribution in [3.05, 3.63) is 59.4 Å². The first-order chi connectivity index (χ1) is 11.1. The van der Waals surface area contributed by atoms with Crippen molar-refractivity contribution in [3.63, 3.8) is 0 Å². The minimum Gasteiger partial charge on any atom is -0.378 e. The van der Waals surface area contributed by atoms with Gasteiger partial charge in [-0.2, -0.15) is 0 Å². The predicted molar refractivity (Wildman–Crippen MR) is 96.0 cm³/mol. The van der Waals surface area contributed by atoms with Crippen LogP contribution in [-0.4, -0.2) is 50.2 Å². The van der Waals surface area contributed by atoms with Crippen molar-refractivity contribution < 1.29 is 0 Å². The molecule has 1 N–H and O–H groups in total. The lowest BCUT2D eigenvalue weighted by Crippen LogP contribution is -2.45. The molecule has 2 heterocycles. The predicted octanol–water partition coefficient (Wildman–Crippen LogP) is 2.45. The van der Waals surface area contributed by atoms with Crippen molar-refractivity contribution in [1.82, 2.24) is 15.2 Å². The minimum absolute atomic E-state index is 0.230. The van der Waals surface area contributed by atoms with Gasteiger partial charge in [0.25, 0.3) is 0 Å². The number of piperazine rings is 1. The van der Waals surface area contributed by atoms with Crippen molar-refractivity contribution in [2.45, 2.75) is 13.0 Å². The molecule has 0 amide bonds. The molecule has 1 aliphatic heterocycles. The normalized spacial score (nSPS) is 17.0. The molecule has 1 aromatic carbocycles. The summed E-state index contributed by atoms with van der Waals surface area (Å²) in [6.07, 6.45) is 1.97. The van der Waals surface area contributed by atoms with Gasteiger partial charge in [0.05, 0.1) is 11.7 Å². The highest BCUT2D eigenvalue weighted by Gasteiger charge is 2.24. The van der Waals surface area contributed by atoms with E-state index in [0.717, 1.165) is 31.9 Å². The number of hydrogen-bond acceptors (Lipinski definition) is 4. The molecule has 23 heavy (non-hydrogen) atoms. The average Bonchev–Trinajstić information content (AvgIpc) is 2.58. The van der Waals surface area contributed by atoms with E-state index in [9.17, 15) is 0 Å². The quantitative estimate of drug-likeness (QED) is 0.940. The minimum atomic E-state index is 0.230. The van der Waals surface area contributed by atoms with Crippen LogP contribution in [0.15, 0.2) is 42.6 Å². The van der Waals surface area contributed by atoms with Gasteiger partial charge in [0.2, 0.25) is 0 Å². The number of anilines is 1. The molecule has 0 spiro atoms. The van der Waals surface area contributed by atoms with Crippen LogP contribution in [0.5, 0.6) is 0 Å². The second kappa shape index (κ2) is 7.11. The largest absolute Gasteiger partial charge is 0.378 e. The Hall–Kier alpha value is -1.91. The summed E-state index contributed by atoms with van der Waals surface area (Å²) in [6.45, 7) is 6.27. The zero-order valence-corrected chi connectivity index (χ0v) is 14.3. The van der Waals surface area contributed by atoms with Gasteiger partial charge in [0.1, 0.15) is 0 Å². The lowest BCUT2D eigenvalue weighted by molar-refractivity contribution is 0.195. The van der Waals surface area contributed by atoms with Crippen LogP contribution in [0.4, 0.5) is 5.69 Å². The molecule has 0 radical (unpaired) electrons. The average molecular weight is 310 g/mol. The zero-order chi connectivity index (χ0) is 16.2. The number of pyridine rings is 1. The topological polar surface area (TPSA) is 31.4 Å². The Labute approximate surface area is 139 Å². The molecule has 4 heteroatoms. The van der Waals surface area contributed by atoms with E-state index in [2.05, 4.69) is 72.5 Å². The van der Waals surface area contributed by atoms with Gasteiger partial charge in [-0.25, -0.2) is 0 Å². The Balaban J connectivity index is 1.95. The van der Waals surface area contributed by atoms with Gasteiger partial charge >= 0.3 is 0 Å². The van der Waals surface area contributed by atoms with Crippen LogP contribution in [0.1, 0.15) is 22.9 Å². The van der Waals surface area contributed by atoms with E-state index >= 15 is 0 Å². The molecule has 1 atom stereocenters. The molecule has 1 saturated heterocycles. The molecule has 4 nitrogen and oxygen atoms in total. The molecule has 0 saturated carbocycles. The second-order valence-corrected chi connectivity index (χ2v) is 6.43. The van der Waals surface area contributed by atoms with E-state index in [4.69, 9.17) is 4.98 Å². The highest BCUT2D eigenvalue weighted by molar-refractivity contribution is 5.47. The number of aryl methyl sites for hydroxylation is 1. The third-order valence-electron chi connectivity index (χ3n) is 4.46. The standard InChI is InChI=1S/C19H26N4/c1-15-4-9-18(21-14-15)19(23-12-10-20-11-13-23)16-5-7-17(8-6-16)22(2)3/h4-9,14,19-20H,10-13H2,1-3H3. The Morgan fingerprint density at radius 2 is 1.74 bits per heavy atom. The van der Waals surface area contributed by atoms with Crippen LogP contribution in [0.2, 0.25) is 0 Å². The second-order valence-electron chi connectivity index (χ2n) is 6.43. The van der Waals surface area contributed by atoms with Crippen LogP contribution >= 0.6 is 0 Å². The SMILES string of the molecule is Cc1ccc(C(c2ccc(N(C)C)cc2)N2CCNCC2)nc1. The summed E-state index contributed by atoms with van der Waals surface area (Å²) in [4.78, 5) is 9.37. The van der Waals surface area contributed by atoms with E-state index in [1.54, 1.807) is 0 Å². The highest BCUT2D eigenvalue weighted by Crippen LogP contribution is 2.29. The van der Waals surface area contributed by atoms with Gasteiger partial charge in [-0.15, -0.1) is 0 Å². The van der Waals surface area contributed by atoms with Crippen LogP contribution in [0, 0.1) is 6.92 Å². The molecule has 1 unspecified atom stereocenters. The van der Waals surface area contributed by atoms with Crippen molar-refractivity contribution in [2.24, 2.45) is 0 Å². The number of nitrogens with zero attached hydrogens (tertiary/aromatic N) is 3. The molecular weight excluding hydrogens is 284 g/mol. The highest BCUT2D eigenvalue weighted by atomic mass is 15.2. The van der Waals surface area contributed by atoms with Gasteiger partial charge in [0.15, 0.2) is 0 Å². The Morgan fingerprint density at radius 1 is 1.04 bits per heavy atom. The van der Waals surface area contributed by atoms with Gasteiger partial charge in [-0.1, -0.05) is 18.2 Å². The molecule has 1 aromatic heterocycles. The van der Waals surface area contributed by atoms with E-state index in [-0.39, 0.29) is 6.04 Å². The van der Waals surface area contributed by atoms with E-state index in [1.807, 2.05) is 6.20 Å². The molecule has 1 aliphatic rings. The first-order valence-corrected chi connectivity index (χ1v) is 8.30. The number of nitrogens with one attached hydrogen (secondary N) is 1. The van der Waals surface area contributed by atoms with Gasteiger partial charge in [-0.05, 0) is 36.2 Å². The maximum Gasteiger partial charge on any atom is 0.0777 e. The van der Waals surface area contributed by atoms with Crippen LogP contribution in [0.25, 0.3) is 0 Å². The summed E-state index contributed by atoms with van der Waals surface area (Å²) in [5.41, 5.74) is 4.88. The maximum atomic E-state index is 4.72. The van der Waals surface area contributed by atoms with Gasteiger partial charge in [0, 0.05) is 52.2 Å². The van der Waals surface area contributed by atoms with Crippen molar-refractivity contribution in [3.8, 4) is 0 Å². The molecule has 2 aromatic rings.